The van der Waals surface area contributed by atoms with Crippen molar-refractivity contribution in [3.05, 3.63) is 56.0 Å². The van der Waals surface area contributed by atoms with Gasteiger partial charge in [0.05, 0.1) is 14.6 Å². The van der Waals surface area contributed by atoms with Gasteiger partial charge in [-0.25, -0.2) is 0 Å². The molecule has 0 spiro atoms. The molecule has 2 amide bonds. The lowest BCUT2D eigenvalue weighted by Crippen LogP contribution is -2.24. The molecule has 0 atom stereocenters. The van der Waals surface area contributed by atoms with Crippen LogP contribution in [-0.2, 0) is 0 Å². The van der Waals surface area contributed by atoms with Crippen LogP contribution in [0.2, 0.25) is 0 Å². The van der Waals surface area contributed by atoms with E-state index in [1.165, 1.54) is 24.6 Å². The van der Waals surface area contributed by atoms with Crippen LogP contribution in [0.3, 0.4) is 0 Å². The van der Waals surface area contributed by atoms with Crippen LogP contribution in [0.15, 0.2) is 51.4 Å². The van der Waals surface area contributed by atoms with Gasteiger partial charge in [-0.05, 0) is 36.8 Å². The molecule has 2 aromatic heterocycles. The van der Waals surface area contributed by atoms with E-state index in [1.54, 1.807) is 24.4 Å². The van der Waals surface area contributed by atoms with Gasteiger partial charge < -0.3 is 10.4 Å². The zero-order chi connectivity index (χ0) is 20.3. The zero-order valence-corrected chi connectivity index (χ0v) is 18.2. The zero-order valence-electron chi connectivity index (χ0n) is 15.0. The molecule has 2 N–H and O–H groups in total. The molecule has 1 aromatic carbocycles. The predicted molar refractivity (Wildman–Crippen MR) is 118 cm³/mol. The van der Waals surface area contributed by atoms with Gasteiger partial charge in [-0.2, -0.15) is 10.1 Å². The van der Waals surface area contributed by atoms with Crippen LogP contribution in [0.25, 0.3) is 10.4 Å². The van der Waals surface area contributed by atoms with Crippen molar-refractivity contribution in [2.45, 2.75) is 6.92 Å². The Balaban J connectivity index is 1.96. The fourth-order valence-corrected chi connectivity index (χ4v) is 4.51. The third-order valence-corrected chi connectivity index (χ3v) is 6.38. The highest BCUT2D eigenvalue weighted by atomic mass is 79.9. The number of hydrazone groups is 1. The SMILES string of the molecule is CC=NN(C(=O)c1ccc(C(=O)NC)s1)c1csc(-c2ccc(Br)cc2)c1O. The van der Waals surface area contributed by atoms with E-state index in [-0.39, 0.29) is 11.7 Å². The fraction of sp³-hybridized carbons (Fsp3) is 0.105. The van der Waals surface area contributed by atoms with Crippen LogP contribution >= 0.6 is 38.6 Å². The summed E-state index contributed by atoms with van der Waals surface area (Å²) < 4.78 is 0.935. The van der Waals surface area contributed by atoms with Gasteiger partial charge in [0.15, 0.2) is 5.75 Å². The van der Waals surface area contributed by atoms with E-state index in [0.29, 0.717) is 20.3 Å². The van der Waals surface area contributed by atoms with Gasteiger partial charge in [0.1, 0.15) is 5.69 Å². The first-order valence-corrected chi connectivity index (χ1v) is 10.7. The second-order valence-corrected chi connectivity index (χ2v) is 8.42. The van der Waals surface area contributed by atoms with Crippen molar-refractivity contribution in [2.24, 2.45) is 5.10 Å². The summed E-state index contributed by atoms with van der Waals surface area (Å²) in [6.07, 6.45) is 1.47. The third kappa shape index (κ3) is 4.01. The Labute approximate surface area is 178 Å². The Kier molecular flexibility index (Phi) is 6.28. The number of nitrogens with one attached hydrogen (secondary N) is 1. The van der Waals surface area contributed by atoms with Crippen molar-refractivity contribution >= 4 is 62.3 Å². The molecule has 3 aromatic rings. The Morgan fingerprint density at radius 3 is 2.50 bits per heavy atom. The lowest BCUT2D eigenvalue weighted by Gasteiger charge is -2.15. The van der Waals surface area contributed by atoms with E-state index >= 15 is 0 Å². The van der Waals surface area contributed by atoms with Crippen molar-refractivity contribution in [1.82, 2.24) is 5.32 Å². The summed E-state index contributed by atoms with van der Waals surface area (Å²) in [5.41, 5.74) is 1.13. The summed E-state index contributed by atoms with van der Waals surface area (Å²) in [6, 6.07) is 10.7. The molecule has 3 rings (SSSR count). The fourth-order valence-electron chi connectivity index (χ4n) is 2.44. The van der Waals surface area contributed by atoms with Crippen LogP contribution in [0.4, 0.5) is 5.69 Å². The Morgan fingerprint density at radius 1 is 1.18 bits per heavy atom. The molecule has 6 nitrogen and oxygen atoms in total. The van der Waals surface area contributed by atoms with Gasteiger partial charge in [0.25, 0.3) is 11.8 Å². The maximum atomic E-state index is 13.0. The van der Waals surface area contributed by atoms with Crippen LogP contribution in [0, 0.1) is 0 Å². The molecule has 28 heavy (non-hydrogen) atoms. The standard InChI is InChI=1S/C19H16BrN3O3S2/c1-3-22-23(19(26)15-9-8-14(28-15)18(25)21-2)13-10-27-17(16(13)24)11-4-6-12(20)7-5-11/h3-10,24H,1-2H3,(H,21,25). The number of hydrogen-bond donors (Lipinski definition) is 2. The molecular weight excluding hydrogens is 462 g/mol. The quantitative estimate of drug-likeness (QED) is 0.402. The van der Waals surface area contributed by atoms with Crippen LogP contribution in [0.5, 0.6) is 5.75 Å². The molecule has 0 aliphatic carbocycles. The van der Waals surface area contributed by atoms with Crippen LogP contribution in [-0.4, -0.2) is 30.2 Å². The van der Waals surface area contributed by atoms with Gasteiger partial charge in [-0.1, -0.05) is 28.1 Å². The van der Waals surface area contributed by atoms with Crippen molar-refractivity contribution < 1.29 is 14.7 Å². The van der Waals surface area contributed by atoms with E-state index in [4.69, 9.17) is 0 Å². The number of aromatic hydroxyl groups is 1. The number of hydrogen-bond acceptors (Lipinski definition) is 6. The lowest BCUT2D eigenvalue weighted by molar-refractivity contribution is 0.0965. The molecule has 144 valence electrons. The summed E-state index contributed by atoms with van der Waals surface area (Å²) in [5, 5.41) is 20.2. The monoisotopic (exact) mass is 477 g/mol. The number of carbonyl (C=O) groups excluding carboxylic acids is 2. The summed E-state index contributed by atoms with van der Waals surface area (Å²) >= 11 is 5.78. The Bertz CT molecular complexity index is 1040. The Hall–Kier alpha value is -2.49. The van der Waals surface area contributed by atoms with E-state index in [0.717, 1.165) is 26.4 Å². The highest BCUT2D eigenvalue weighted by Crippen LogP contribution is 2.44. The first-order chi connectivity index (χ1) is 13.5. The number of amides is 2. The van der Waals surface area contributed by atoms with E-state index in [2.05, 4.69) is 26.3 Å². The van der Waals surface area contributed by atoms with Crippen molar-refractivity contribution in [2.75, 3.05) is 12.1 Å². The topological polar surface area (TPSA) is 82.0 Å². The first kappa shape index (κ1) is 20.2. The maximum Gasteiger partial charge on any atom is 0.288 e. The first-order valence-electron chi connectivity index (χ1n) is 8.17. The number of anilines is 1. The average molecular weight is 478 g/mol. The van der Waals surface area contributed by atoms with Gasteiger partial charge in [-0.3, -0.25) is 9.59 Å². The van der Waals surface area contributed by atoms with Gasteiger partial charge in [-0.15, -0.1) is 22.7 Å². The molecule has 0 fully saturated rings. The summed E-state index contributed by atoms with van der Waals surface area (Å²) in [4.78, 5) is 26.2. The molecule has 0 unspecified atom stereocenters. The van der Waals surface area contributed by atoms with E-state index in [1.807, 2.05) is 24.3 Å². The summed E-state index contributed by atoms with van der Waals surface area (Å²) in [6.45, 7) is 1.68. The molecule has 0 aliphatic heterocycles. The van der Waals surface area contributed by atoms with E-state index < -0.39 is 5.91 Å². The number of thiophene rings is 2. The second-order valence-electron chi connectivity index (χ2n) is 5.54. The third-order valence-electron chi connectivity index (χ3n) is 3.77. The minimum absolute atomic E-state index is 0.0191. The van der Waals surface area contributed by atoms with Crippen molar-refractivity contribution in [3.63, 3.8) is 0 Å². The number of halogens is 1. The van der Waals surface area contributed by atoms with Gasteiger partial charge in [0, 0.05) is 23.1 Å². The molecule has 0 saturated heterocycles. The highest BCUT2D eigenvalue weighted by molar-refractivity contribution is 9.10. The number of rotatable bonds is 5. The molecule has 0 radical (unpaired) electrons. The Morgan fingerprint density at radius 2 is 1.86 bits per heavy atom. The normalized spacial score (nSPS) is 11.0. The molecule has 9 heteroatoms. The van der Waals surface area contributed by atoms with Crippen LogP contribution < -0.4 is 10.3 Å². The number of benzene rings is 1. The smallest absolute Gasteiger partial charge is 0.288 e. The van der Waals surface area contributed by atoms with Crippen LogP contribution in [0.1, 0.15) is 26.3 Å². The average Bonchev–Trinajstić information content (AvgIpc) is 3.33. The van der Waals surface area contributed by atoms with Crippen molar-refractivity contribution in [1.29, 1.82) is 0 Å². The van der Waals surface area contributed by atoms with E-state index in [9.17, 15) is 14.7 Å². The van der Waals surface area contributed by atoms with Gasteiger partial charge in [0.2, 0.25) is 0 Å². The molecule has 2 heterocycles. The number of nitrogens with zero attached hydrogens (tertiary/aromatic N) is 2. The summed E-state index contributed by atoms with van der Waals surface area (Å²) in [7, 11) is 1.53. The summed E-state index contributed by atoms with van der Waals surface area (Å²) in [5.74, 6) is -0.700. The predicted octanol–water partition coefficient (Wildman–Crippen LogP) is 4.96. The minimum Gasteiger partial charge on any atom is -0.504 e. The maximum absolute atomic E-state index is 13.0. The largest absolute Gasteiger partial charge is 0.504 e. The lowest BCUT2D eigenvalue weighted by atomic mass is 10.2. The second kappa shape index (κ2) is 8.68. The molecule has 0 bridgehead atoms. The van der Waals surface area contributed by atoms with Gasteiger partial charge >= 0.3 is 0 Å². The molecule has 0 saturated carbocycles. The minimum atomic E-state index is -0.422. The molecular formula is C19H16BrN3O3S2. The molecule has 0 aliphatic rings. The number of carbonyl (C=O) groups is 2. The van der Waals surface area contributed by atoms with Crippen molar-refractivity contribution in [3.8, 4) is 16.2 Å². The highest BCUT2D eigenvalue weighted by Gasteiger charge is 2.25.